The number of aromatic nitrogens is 1. The molecule has 2 rings (SSSR count). The summed E-state index contributed by atoms with van der Waals surface area (Å²) >= 11 is 3.34. The number of rotatable bonds is 1. The SMILES string of the molecule is NC1=NC(c2cncc(Br)c2)CO1. The number of pyridine rings is 1. The fraction of sp³-hybridized carbons (Fsp3) is 0.250. The number of nitrogens with two attached hydrogens (primary N) is 1. The minimum atomic E-state index is -0.00926. The highest BCUT2D eigenvalue weighted by Gasteiger charge is 2.18. The number of halogens is 1. The Bertz CT molecular complexity index is 353. The maximum Gasteiger partial charge on any atom is 0.282 e. The molecule has 1 unspecified atom stereocenters. The molecule has 1 aromatic rings. The van der Waals surface area contributed by atoms with Crippen LogP contribution in [0.5, 0.6) is 0 Å². The summed E-state index contributed by atoms with van der Waals surface area (Å²) in [6, 6.07) is 2.21. The lowest BCUT2D eigenvalue weighted by atomic mass is 10.1. The van der Waals surface area contributed by atoms with Crippen LogP contribution in [0.3, 0.4) is 0 Å². The summed E-state index contributed by atoms with van der Waals surface area (Å²) in [7, 11) is 0. The Morgan fingerprint density at radius 3 is 3.00 bits per heavy atom. The molecule has 0 bridgehead atoms. The van der Waals surface area contributed by atoms with Gasteiger partial charge in [-0.25, -0.2) is 4.99 Å². The van der Waals surface area contributed by atoms with Gasteiger partial charge in [0, 0.05) is 16.9 Å². The van der Waals surface area contributed by atoms with Gasteiger partial charge in [-0.15, -0.1) is 0 Å². The third-order valence-corrected chi connectivity index (χ3v) is 2.22. The first kappa shape index (κ1) is 8.50. The van der Waals surface area contributed by atoms with Gasteiger partial charge >= 0.3 is 0 Å². The van der Waals surface area contributed by atoms with E-state index in [2.05, 4.69) is 25.9 Å². The van der Waals surface area contributed by atoms with Crippen LogP contribution in [-0.2, 0) is 4.74 Å². The Morgan fingerprint density at radius 2 is 2.38 bits per heavy atom. The van der Waals surface area contributed by atoms with Gasteiger partial charge in [0.1, 0.15) is 12.6 Å². The van der Waals surface area contributed by atoms with Crippen LogP contribution < -0.4 is 5.73 Å². The van der Waals surface area contributed by atoms with Gasteiger partial charge in [0.05, 0.1) is 0 Å². The van der Waals surface area contributed by atoms with Crippen molar-refractivity contribution in [3.8, 4) is 0 Å². The largest absolute Gasteiger partial charge is 0.463 e. The summed E-state index contributed by atoms with van der Waals surface area (Å²) in [5.41, 5.74) is 6.41. The highest BCUT2D eigenvalue weighted by molar-refractivity contribution is 9.10. The third kappa shape index (κ3) is 1.80. The van der Waals surface area contributed by atoms with Crippen molar-refractivity contribution < 1.29 is 4.74 Å². The molecule has 0 spiro atoms. The fourth-order valence-electron chi connectivity index (χ4n) is 1.17. The minimum Gasteiger partial charge on any atom is -0.463 e. The lowest BCUT2D eigenvalue weighted by Crippen LogP contribution is -2.10. The number of ether oxygens (including phenoxy) is 1. The molecule has 13 heavy (non-hydrogen) atoms. The lowest BCUT2D eigenvalue weighted by Gasteiger charge is -2.03. The Kier molecular flexibility index (Phi) is 2.18. The van der Waals surface area contributed by atoms with Crippen LogP contribution in [-0.4, -0.2) is 17.6 Å². The number of hydrogen-bond acceptors (Lipinski definition) is 4. The van der Waals surface area contributed by atoms with E-state index in [1.807, 2.05) is 6.07 Å². The Labute approximate surface area is 84.0 Å². The summed E-state index contributed by atoms with van der Waals surface area (Å²) in [4.78, 5) is 8.15. The van der Waals surface area contributed by atoms with Gasteiger partial charge in [-0.3, -0.25) is 4.98 Å². The van der Waals surface area contributed by atoms with E-state index < -0.39 is 0 Å². The van der Waals surface area contributed by atoms with E-state index in [4.69, 9.17) is 10.5 Å². The van der Waals surface area contributed by atoms with Crippen molar-refractivity contribution in [3.05, 3.63) is 28.5 Å². The molecule has 2 heterocycles. The molecule has 0 fully saturated rings. The molecule has 5 heteroatoms. The zero-order valence-corrected chi connectivity index (χ0v) is 8.36. The summed E-state index contributed by atoms with van der Waals surface area (Å²) in [6.07, 6.45) is 3.49. The van der Waals surface area contributed by atoms with Crippen LogP contribution in [0.1, 0.15) is 11.6 Å². The molecular weight excluding hydrogens is 234 g/mol. The highest BCUT2D eigenvalue weighted by atomic mass is 79.9. The molecular formula is C8H8BrN3O. The second kappa shape index (κ2) is 3.33. The molecule has 68 valence electrons. The molecule has 1 aliphatic heterocycles. The van der Waals surface area contributed by atoms with E-state index in [0.717, 1.165) is 10.0 Å². The van der Waals surface area contributed by atoms with Crippen molar-refractivity contribution in [2.75, 3.05) is 6.61 Å². The Balaban J connectivity index is 2.26. The van der Waals surface area contributed by atoms with Crippen molar-refractivity contribution in [2.24, 2.45) is 10.7 Å². The van der Waals surface area contributed by atoms with Crippen molar-refractivity contribution in [2.45, 2.75) is 6.04 Å². The van der Waals surface area contributed by atoms with Gasteiger partial charge in [-0.1, -0.05) is 0 Å². The van der Waals surface area contributed by atoms with Gasteiger partial charge in [-0.2, -0.15) is 0 Å². The second-order valence-corrected chi connectivity index (χ2v) is 3.65. The standard InChI is InChI=1S/C8H8BrN3O/c9-6-1-5(2-11-3-6)7-4-13-8(10)12-7/h1-3,7H,4H2,(H2,10,12). The summed E-state index contributed by atoms with van der Waals surface area (Å²) in [5, 5.41) is 0. The fourth-order valence-corrected chi connectivity index (χ4v) is 1.56. The van der Waals surface area contributed by atoms with Crippen LogP contribution >= 0.6 is 15.9 Å². The van der Waals surface area contributed by atoms with E-state index in [-0.39, 0.29) is 12.1 Å². The van der Waals surface area contributed by atoms with Crippen molar-refractivity contribution in [1.29, 1.82) is 0 Å². The number of nitrogens with zero attached hydrogens (tertiary/aromatic N) is 2. The molecule has 0 aliphatic carbocycles. The van der Waals surface area contributed by atoms with Gasteiger partial charge in [0.2, 0.25) is 0 Å². The Morgan fingerprint density at radius 1 is 1.54 bits per heavy atom. The topological polar surface area (TPSA) is 60.5 Å². The van der Waals surface area contributed by atoms with Gasteiger partial charge in [0.15, 0.2) is 0 Å². The van der Waals surface area contributed by atoms with Crippen LogP contribution in [0.25, 0.3) is 0 Å². The minimum absolute atomic E-state index is 0.00926. The molecule has 0 radical (unpaired) electrons. The quantitative estimate of drug-likeness (QED) is 0.805. The smallest absolute Gasteiger partial charge is 0.282 e. The maximum atomic E-state index is 5.40. The zero-order chi connectivity index (χ0) is 9.26. The maximum absolute atomic E-state index is 5.40. The number of amidine groups is 1. The van der Waals surface area contributed by atoms with Crippen molar-refractivity contribution >= 4 is 22.0 Å². The third-order valence-electron chi connectivity index (χ3n) is 1.78. The molecule has 0 aromatic carbocycles. The van der Waals surface area contributed by atoms with E-state index in [0.29, 0.717) is 6.61 Å². The van der Waals surface area contributed by atoms with E-state index in [1.165, 1.54) is 0 Å². The molecule has 0 amide bonds. The van der Waals surface area contributed by atoms with Crippen molar-refractivity contribution in [3.63, 3.8) is 0 Å². The predicted molar refractivity (Wildman–Crippen MR) is 52.3 cm³/mol. The molecule has 1 atom stereocenters. The summed E-state index contributed by atoms with van der Waals surface area (Å²) in [5.74, 6) is 0. The number of aliphatic imine (C=N–C) groups is 1. The average molecular weight is 242 g/mol. The molecule has 2 N–H and O–H groups in total. The van der Waals surface area contributed by atoms with Crippen LogP contribution in [0.4, 0.5) is 0 Å². The monoisotopic (exact) mass is 241 g/mol. The number of hydrogen-bond donors (Lipinski definition) is 1. The predicted octanol–water partition coefficient (Wildman–Crippen LogP) is 1.23. The normalized spacial score (nSPS) is 21.0. The van der Waals surface area contributed by atoms with Crippen molar-refractivity contribution in [1.82, 2.24) is 4.98 Å². The average Bonchev–Trinajstić information content (AvgIpc) is 2.52. The summed E-state index contributed by atoms with van der Waals surface area (Å²) in [6.45, 7) is 0.504. The first-order valence-corrected chi connectivity index (χ1v) is 4.61. The molecule has 0 saturated carbocycles. The van der Waals surface area contributed by atoms with Crippen LogP contribution in [0, 0.1) is 0 Å². The van der Waals surface area contributed by atoms with Gasteiger partial charge in [-0.05, 0) is 27.6 Å². The van der Waals surface area contributed by atoms with Crippen LogP contribution in [0.2, 0.25) is 0 Å². The van der Waals surface area contributed by atoms with E-state index >= 15 is 0 Å². The molecule has 1 aromatic heterocycles. The highest BCUT2D eigenvalue weighted by Crippen LogP contribution is 2.23. The van der Waals surface area contributed by atoms with Gasteiger partial charge in [0.25, 0.3) is 6.02 Å². The van der Waals surface area contributed by atoms with E-state index in [1.54, 1.807) is 12.4 Å². The van der Waals surface area contributed by atoms with Gasteiger partial charge < -0.3 is 10.5 Å². The summed E-state index contributed by atoms with van der Waals surface area (Å²) < 4.78 is 5.98. The zero-order valence-electron chi connectivity index (χ0n) is 6.77. The molecule has 1 aliphatic rings. The Hall–Kier alpha value is -1.10. The first-order valence-electron chi connectivity index (χ1n) is 3.82. The van der Waals surface area contributed by atoms with E-state index in [9.17, 15) is 0 Å². The van der Waals surface area contributed by atoms with Crippen LogP contribution in [0.15, 0.2) is 27.9 Å². The lowest BCUT2D eigenvalue weighted by molar-refractivity contribution is 0.315. The first-order chi connectivity index (χ1) is 6.25. The second-order valence-electron chi connectivity index (χ2n) is 2.73. The molecule has 0 saturated heterocycles. The molecule has 4 nitrogen and oxygen atoms in total.